The van der Waals surface area contributed by atoms with Gasteiger partial charge >= 0.3 is 0 Å². The van der Waals surface area contributed by atoms with Crippen LogP contribution in [0.15, 0.2) is 66.7 Å². The number of amides is 1. The van der Waals surface area contributed by atoms with E-state index in [2.05, 4.69) is 17.2 Å². The van der Waals surface area contributed by atoms with E-state index in [0.717, 1.165) is 37.2 Å². The molecule has 5 nitrogen and oxygen atoms in total. The molecule has 29 heavy (non-hydrogen) atoms. The predicted octanol–water partition coefficient (Wildman–Crippen LogP) is 4.16. The molecule has 0 spiro atoms. The lowest BCUT2D eigenvalue weighted by atomic mass is 9.98. The molecule has 1 amide bonds. The van der Waals surface area contributed by atoms with Gasteiger partial charge in [-0.2, -0.15) is 5.10 Å². The molecule has 1 aromatic heterocycles. The first-order valence-electron chi connectivity index (χ1n) is 10.2. The molecule has 1 saturated heterocycles. The van der Waals surface area contributed by atoms with Crippen molar-refractivity contribution in [2.45, 2.75) is 19.4 Å². The maximum absolute atomic E-state index is 13.1. The fourth-order valence-electron chi connectivity index (χ4n) is 3.88. The number of piperidine rings is 1. The SMILES string of the molecule is Cn1nc(-c2ccccc2)cc1C(=O)N1CCCC(COCc2ccccc2)C1. The van der Waals surface area contributed by atoms with E-state index in [4.69, 9.17) is 4.74 Å². The Kier molecular flexibility index (Phi) is 6.06. The van der Waals surface area contributed by atoms with Crippen LogP contribution in [0.25, 0.3) is 11.3 Å². The van der Waals surface area contributed by atoms with Gasteiger partial charge in [0.25, 0.3) is 5.91 Å². The van der Waals surface area contributed by atoms with Gasteiger partial charge in [0.1, 0.15) is 5.69 Å². The number of likely N-dealkylation sites (tertiary alicyclic amines) is 1. The van der Waals surface area contributed by atoms with Crippen LogP contribution in [-0.4, -0.2) is 40.3 Å². The van der Waals surface area contributed by atoms with E-state index >= 15 is 0 Å². The number of rotatable bonds is 6. The number of carbonyl (C=O) groups is 1. The molecule has 2 aromatic carbocycles. The van der Waals surface area contributed by atoms with Crippen LogP contribution in [-0.2, 0) is 18.4 Å². The van der Waals surface area contributed by atoms with Crippen LogP contribution in [0.3, 0.4) is 0 Å². The standard InChI is InChI=1S/C24H27N3O2/c1-26-23(15-22(25-26)21-12-6-3-7-13-21)24(28)27-14-8-11-20(16-27)18-29-17-19-9-4-2-5-10-19/h2-7,9-10,12-13,15,20H,8,11,14,16-18H2,1H3. The Morgan fingerprint density at radius 2 is 1.83 bits per heavy atom. The number of ether oxygens (including phenoxy) is 1. The summed E-state index contributed by atoms with van der Waals surface area (Å²) in [7, 11) is 1.84. The van der Waals surface area contributed by atoms with Gasteiger partial charge in [-0.15, -0.1) is 0 Å². The molecule has 0 radical (unpaired) electrons. The van der Waals surface area contributed by atoms with Gasteiger partial charge < -0.3 is 9.64 Å². The summed E-state index contributed by atoms with van der Waals surface area (Å²) >= 11 is 0. The molecule has 0 saturated carbocycles. The van der Waals surface area contributed by atoms with Crippen LogP contribution in [0, 0.1) is 5.92 Å². The quantitative estimate of drug-likeness (QED) is 0.636. The van der Waals surface area contributed by atoms with Crippen molar-refractivity contribution in [3.63, 3.8) is 0 Å². The topological polar surface area (TPSA) is 47.4 Å². The van der Waals surface area contributed by atoms with Crippen LogP contribution >= 0.6 is 0 Å². The maximum atomic E-state index is 13.1. The third-order valence-corrected chi connectivity index (χ3v) is 5.44. The fraction of sp³-hybridized carbons (Fsp3) is 0.333. The number of hydrogen-bond donors (Lipinski definition) is 0. The summed E-state index contributed by atoms with van der Waals surface area (Å²) in [4.78, 5) is 15.1. The largest absolute Gasteiger partial charge is 0.376 e. The van der Waals surface area contributed by atoms with Crippen molar-refractivity contribution in [2.75, 3.05) is 19.7 Å². The Balaban J connectivity index is 1.37. The molecule has 5 heteroatoms. The van der Waals surface area contributed by atoms with Gasteiger partial charge in [0, 0.05) is 25.7 Å². The summed E-state index contributed by atoms with van der Waals surface area (Å²) in [5.74, 6) is 0.424. The van der Waals surface area contributed by atoms with E-state index in [1.807, 2.05) is 66.5 Å². The zero-order chi connectivity index (χ0) is 20.1. The Morgan fingerprint density at radius 3 is 2.59 bits per heavy atom. The highest BCUT2D eigenvalue weighted by atomic mass is 16.5. The Morgan fingerprint density at radius 1 is 1.10 bits per heavy atom. The normalized spacial score (nSPS) is 16.7. The third kappa shape index (κ3) is 4.74. The van der Waals surface area contributed by atoms with E-state index in [1.54, 1.807) is 4.68 Å². The van der Waals surface area contributed by atoms with Crippen molar-refractivity contribution < 1.29 is 9.53 Å². The highest BCUT2D eigenvalue weighted by Gasteiger charge is 2.27. The molecule has 1 unspecified atom stereocenters. The first kappa shape index (κ1) is 19.4. The third-order valence-electron chi connectivity index (χ3n) is 5.44. The molecule has 2 heterocycles. The minimum absolute atomic E-state index is 0.0509. The summed E-state index contributed by atoms with van der Waals surface area (Å²) in [5, 5.41) is 4.54. The highest BCUT2D eigenvalue weighted by Crippen LogP contribution is 2.22. The van der Waals surface area contributed by atoms with Crippen LogP contribution in [0.4, 0.5) is 0 Å². The highest BCUT2D eigenvalue weighted by molar-refractivity contribution is 5.93. The van der Waals surface area contributed by atoms with Crippen LogP contribution in [0.2, 0.25) is 0 Å². The number of aromatic nitrogens is 2. The number of nitrogens with zero attached hydrogens (tertiary/aromatic N) is 3. The first-order chi connectivity index (χ1) is 14.2. The lowest BCUT2D eigenvalue weighted by Gasteiger charge is -2.32. The number of carbonyl (C=O) groups excluding carboxylic acids is 1. The second-order valence-electron chi connectivity index (χ2n) is 7.66. The molecular weight excluding hydrogens is 362 g/mol. The number of benzene rings is 2. The second kappa shape index (κ2) is 9.05. The summed E-state index contributed by atoms with van der Waals surface area (Å²) in [6.07, 6.45) is 2.10. The molecule has 0 bridgehead atoms. The predicted molar refractivity (Wildman–Crippen MR) is 113 cm³/mol. The minimum Gasteiger partial charge on any atom is -0.376 e. The molecule has 0 aliphatic carbocycles. The van der Waals surface area contributed by atoms with Crippen molar-refractivity contribution in [3.05, 3.63) is 78.0 Å². The van der Waals surface area contributed by atoms with Gasteiger partial charge in [-0.25, -0.2) is 0 Å². The molecule has 1 aliphatic rings. The first-order valence-corrected chi connectivity index (χ1v) is 10.2. The van der Waals surface area contributed by atoms with Crippen LogP contribution in [0.1, 0.15) is 28.9 Å². The summed E-state index contributed by atoms with van der Waals surface area (Å²) in [6.45, 7) is 2.83. The van der Waals surface area contributed by atoms with Crippen molar-refractivity contribution in [2.24, 2.45) is 13.0 Å². The van der Waals surface area contributed by atoms with E-state index in [9.17, 15) is 4.79 Å². The molecule has 0 N–H and O–H groups in total. The monoisotopic (exact) mass is 389 g/mol. The minimum atomic E-state index is 0.0509. The Bertz CT molecular complexity index is 937. The van der Waals surface area contributed by atoms with Gasteiger partial charge in [-0.1, -0.05) is 60.7 Å². The van der Waals surface area contributed by atoms with Crippen molar-refractivity contribution >= 4 is 5.91 Å². The van der Waals surface area contributed by atoms with E-state index in [-0.39, 0.29) is 5.91 Å². The van der Waals surface area contributed by atoms with E-state index in [0.29, 0.717) is 24.8 Å². The lowest BCUT2D eigenvalue weighted by molar-refractivity contribution is 0.0419. The summed E-state index contributed by atoms with van der Waals surface area (Å²) in [5.41, 5.74) is 3.67. The molecular formula is C24H27N3O2. The molecule has 3 aromatic rings. The van der Waals surface area contributed by atoms with Gasteiger partial charge in [-0.05, 0) is 30.4 Å². The molecule has 1 fully saturated rings. The fourth-order valence-corrected chi connectivity index (χ4v) is 3.88. The molecule has 4 rings (SSSR count). The lowest BCUT2D eigenvalue weighted by Crippen LogP contribution is -2.41. The van der Waals surface area contributed by atoms with Gasteiger partial charge in [0.15, 0.2) is 0 Å². The smallest absolute Gasteiger partial charge is 0.272 e. The maximum Gasteiger partial charge on any atom is 0.272 e. The Hall–Kier alpha value is -2.92. The van der Waals surface area contributed by atoms with Crippen LogP contribution < -0.4 is 0 Å². The average Bonchev–Trinajstić information content (AvgIpc) is 3.16. The van der Waals surface area contributed by atoms with Crippen molar-refractivity contribution in [1.82, 2.24) is 14.7 Å². The van der Waals surface area contributed by atoms with Gasteiger partial charge in [-0.3, -0.25) is 9.48 Å². The average molecular weight is 389 g/mol. The summed E-state index contributed by atoms with van der Waals surface area (Å²) in [6, 6.07) is 22.1. The molecule has 1 aliphatic heterocycles. The second-order valence-corrected chi connectivity index (χ2v) is 7.66. The molecule has 1 atom stereocenters. The Labute approximate surface area is 171 Å². The van der Waals surface area contributed by atoms with Crippen molar-refractivity contribution in [1.29, 1.82) is 0 Å². The zero-order valence-corrected chi connectivity index (χ0v) is 16.8. The van der Waals surface area contributed by atoms with Crippen molar-refractivity contribution in [3.8, 4) is 11.3 Å². The molecule has 150 valence electrons. The van der Waals surface area contributed by atoms with E-state index < -0.39 is 0 Å². The van der Waals surface area contributed by atoms with Crippen LogP contribution in [0.5, 0.6) is 0 Å². The zero-order valence-electron chi connectivity index (χ0n) is 16.8. The number of hydrogen-bond acceptors (Lipinski definition) is 3. The van der Waals surface area contributed by atoms with Gasteiger partial charge in [0.2, 0.25) is 0 Å². The number of aryl methyl sites for hydroxylation is 1. The summed E-state index contributed by atoms with van der Waals surface area (Å²) < 4.78 is 7.62. The van der Waals surface area contributed by atoms with Gasteiger partial charge in [0.05, 0.1) is 18.9 Å². The van der Waals surface area contributed by atoms with E-state index in [1.165, 1.54) is 5.56 Å².